The largest absolute Gasteiger partial charge is 1.00 e. The van der Waals surface area contributed by atoms with Gasteiger partial charge in [-0.25, -0.2) is 0 Å². The smallest absolute Gasteiger partial charge is 0.753 e. The number of hydrogen-bond acceptors (Lipinski definition) is 9. The van der Waals surface area contributed by atoms with Crippen LogP contribution in [0.15, 0.2) is 0 Å². The van der Waals surface area contributed by atoms with Crippen molar-refractivity contribution in [3.05, 3.63) is 5.41 Å². The first-order chi connectivity index (χ1) is 18.4. The Kier molecular flexibility index (Phi) is 43.5. The number of rotatable bonds is 0. The second-order valence-corrected chi connectivity index (χ2v) is 29.8. The van der Waals surface area contributed by atoms with Crippen LogP contribution in [-0.4, -0.2) is 136 Å². The summed E-state index contributed by atoms with van der Waals surface area (Å²) < 4.78 is 33.7. The van der Waals surface area contributed by atoms with E-state index in [1.54, 1.807) is 0 Å². The van der Waals surface area contributed by atoms with Crippen LogP contribution in [0.5, 0.6) is 0 Å². The number of fused-ring (bicyclic) bond motifs is 21. The zero-order chi connectivity index (χ0) is 29.8. The summed E-state index contributed by atoms with van der Waals surface area (Å²) in [6, 6.07) is 0. The Morgan fingerprint density at radius 3 is 0.700 bits per heavy atom. The molecule has 0 amide bonds. The number of halogens is 8. The van der Waals surface area contributed by atoms with E-state index in [4.69, 9.17) is 33.8 Å². The molecule has 0 aromatic rings. The summed E-state index contributed by atoms with van der Waals surface area (Å²) in [7, 11) is 0. The van der Waals surface area contributed by atoms with Gasteiger partial charge in [-0.05, 0) is 127 Å². The van der Waals surface area contributed by atoms with Crippen LogP contribution in [0.1, 0.15) is 0 Å². The van der Waals surface area contributed by atoms with E-state index in [0.717, 1.165) is 39.3 Å². The summed E-state index contributed by atoms with van der Waals surface area (Å²) in [4.78, 5) is 4.62. The SMILES string of the molecule is BrC(Br)(Br)Br.BrC(Br)(Br)Br.C1COCCN2CCOCCOCCN(CCO1)CCOCCOCC2.[K+].[N-]=C=S. The van der Waals surface area contributed by atoms with Crippen molar-refractivity contribution in [3.8, 4) is 0 Å². The zero-order valence-corrected chi connectivity index (χ0v) is 39.1. The predicted octanol–water partition coefficient (Wildman–Crippen LogP) is 3.73. The van der Waals surface area contributed by atoms with Crippen molar-refractivity contribution in [1.29, 1.82) is 0 Å². The van der Waals surface area contributed by atoms with Crippen LogP contribution in [-0.2, 0) is 28.4 Å². The maximum atomic E-state index is 7.13. The quantitative estimate of drug-likeness (QED) is 0.156. The molecule has 3 fully saturated rings. The Balaban J connectivity index is -0.000000818. The number of ether oxygens (including phenoxy) is 6. The molecule has 0 aliphatic carbocycles. The van der Waals surface area contributed by atoms with Crippen LogP contribution in [0, 0.1) is 0 Å². The van der Waals surface area contributed by atoms with E-state index in [1.165, 1.54) is 5.16 Å². The van der Waals surface area contributed by atoms with Crippen LogP contribution in [0.4, 0.5) is 0 Å². The van der Waals surface area contributed by atoms with E-state index in [-0.39, 0.29) is 53.5 Å². The number of hydrogen-bond donors (Lipinski definition) is 0. The summed E-state index contributed by atoms with van der Waals surface area (Å²) in [6.07, 6.45) is 0. The average molecular weight is 1140 g/mol. The molecule has 0 spiro atoms. The molecule has 9 nitrogen and oxygen atoms in total. The fraction of sp³-hybridized carbons (Fsp3) is 0.952. The third-order valence-electron chi connectivity index (χ3n) is 4.43. The van der Waals surface area contributed by atoms with Crippen molar-refractivity contribution in [2.24, 2.45) is 0 Å². The normalized spacial score (nSPS) is 23.0. The molecular formula is C21H36Br8KN3O6S. The van der Waals surface area contributed by atoms with E-state index in [1.807, 2.05) is 0 Å². The van der Waals surface area contributed by atoms with Gasteiger partial charge in [-0.2, -0.15) is 5.16 Å². The van der Waals surface area contributed by atoms with Gasteiger partial charge in [0.2, 0.25) is 0 Å². The van der Waals surface area contributed by atoms with E-state index in [2.05, 4.69) is 149 Å². The molecule has 3 aliphatic rings. The van der Waals surface area contributed by atoms with E-state index < -0.39 is 0 Å². The molecule has 0 aromatic heterocycles. The third-order valence-corrected chi connectivity index (χ3v) is 4.43. The third kappa shape index (κ3) is 52.5. The van der Waals surface area contributed by atoms with Gasteiger partial charge in [0.15, 0.2) is 2.10 Å². The summed E-state index contributed by atoms with van der Waals surface area (Å²) in [5.41, 5.74) is 0. The van der Waals surface area contributed by atoms with Crippen LogP contribution >= 0.6 is 140 Å². The molecule has 40 heavy (non-hydrogen) atoms. The molecule has 0 atom stereocenters. The zero-order valence-electron chi connectivity index (χ0n) is 22.5. The molecule has 234 valence electrons. The van der Waals surface area contributed by atoms with Gasteiger partial charge in [0, 0.05) is 39.3 Å². The van der Waals surface area contributed by atoms with Gasteiger partial charge in [-0.15, -0.1) is 0 Å². The second-order valence-electron chi connectivity index (χ2n) is 7.31. The van der Waals surface area contributed by atoms with Crippen LogP contribution in [0.2, 0.25) is 0 Å². The maximum Gasteiger partial charge on any atom is 1.00 e. The summed E-state index contributed by atoms with van der Waals surface area (Å²) in [6.45, 7) is 13.2. The first-order valence-corrected chi connectivity index (χ1v) is 18.6. The second kappa shape index (κ2) is 35.3. The van der Waals surface area contributed by atoms with Gasteiger partial charge >= 0.3 is 51.4 Å². The van der Waals surface area contributed by atoms with Crippen LogP contribution < -0.4 is 51.4 Å². The molecule has 0 unspecified atom stereocenters. The number of isothiocyanates is 1. The van der Waals surface area contributed by atoms with Crippen molar-refractivity contribution in [1.82, 2.24) is 9.80 Å². The standard InChI is InChI=1S/C18H36N2O6.2CBr4.CNS.K/c1-7-21-13-14-24-10-4-20-5-11-25-17-15-22-8-2-19(1)3-9-23-16-18-26-12-6-20;2*2-1(3,4)5;2-1-3;/h1-18H2;;;;/q;;;-1;+1. The van der Waals surface area contributed by atoms with Crippen molar-refractivity contribution in [2.45, 2.75) is 2.10 Å². The molecule has 2 bridgehead atoms. The summed E-state index contributed by atoms with van der Waals surface area (Å²) in [5.74, 6) is 0. The molecule has 3 saturated heterocycles. The van der Waals surface area contributed by atoms with Gasteiger partial charge in [-0.3, -0.25) is 9.80 Å². The van der Waals surface area contributed by atoms with Gasteiger partial charge < -0.3 is 33.8 Å². The Morgan fingerprint density at radius 1 is 0.450 bits per heavy atom. The van der Waals surface area contributed by atoms with Crippen LogP contribution in [0.25, 0.3) is 5.41 Å². The minimum atomic E-state index is -0.250. The van der Waals surface area contributed by atoms with Crippen LogP contribution in [0.3, 0.4) is 0 Å². The Labute approximate surface area is 354 Å². The topological polar surface area (TPSA) is 84.2 Å². The Morgan fingerprint density at radius 2 is 0.575 bits per heavy atom. The predicted molar refractivity (Wildman–Crippen MR) is 191 cm³/mol. The molecule has 0 radical (unpaired) electrons. The molecule has 3 aliphatic heterocycles. The van der Waals surface area contributed by atoms with Crippen molar-refractivity contribution in [3.63, 3.8) is 0 Å². The van der Waals surface area contributed by atoms with Gasteiger partial charge in [0.05, 0.1) is 79.3 Å². The molecule has 19 heteroatoms. The van der Waals surface area contributed by atoms with E-state index in [9.17, 15) is 0 Å². The molecule has 0 N–H and O–H groups in total. The summed E-state index contributed by atoms with van der Waals surface area (Å²) in [5, 5.41) is 8.47. The monoisotopic (exact) mass is 1130 g/mol. The molecular weight excluding hydrogens is 1100 g/mol. The minimum absolute atomic E-state index is 0. The van der Waals surface area contributed by atoms with E-state index >= 15 is 0 Å². The molecule has 3 rings (SSSR count). The summed E-state index contributed by atoms with van der Waals surface area (Å²) >= 11 is 28.7. The van der Waals surface area contributed by atoms with Crippen molar-refractivity contribution < 1.29 is 79.8 Å². The van der Waals surface area contributed by atoms with Crippen molar-refractivity contribution >= 4 is 145 Å². The number of nitrogens with zero attached hydrogens (tertiary/aromatic N) is 3. The van der Waals surface area contributed by atoms with Gasteiger partial charge in [0.25, 0.3) is 0 Å². The number of thiocarbonyl (C=S) groups is 1. The average Bonchev–Trinajstić information content (AvgIpc) is 2.80. The number of alkyl halides is 8. The fourth-order valence-corrected chi connectivity index (χ4v) is 2.80. The molecule has 0 aromatic carbocycles. The van der Waals surface area contributed by atoms with Crippen molar-refractivity contribution in [2.75, 3.05) is 119 Å². The first-order valence-electron chi connectivity index (χ1n) is 11.8. The maximum absolute atomic E-state index is 7.13. The van der Waals surface area contributed by atoms with Gasteiger partial charge in [0.1, 0.15) is 0 Å². The Bertz CT molecular complexity index is 482. The first kappa shape index (κ1) is 49.3. The minimum Gasteiger partial charge on any atom is -0.753 e. The van der Waals surface area contributed by atoms with E-state index in [0.29, 0.717) is 79.3 Å². The fourth-order valence-electron chi connectivity index (χ4n) is 2.80. The molecule has 3 heterocycles. The van der Waals surface area contributed by atoms with Gasteiger partial charge in [-0.1, -0.05) is 12.2 Å². The Hall–Kier alpha value is 4.96. The molecule has 0 saturated carbocycles.